The summed E-state index contributed by atoms with van der Waals surface area (Å²) in [5.41, 5.74) is 0. The molecule has 1 amide bonds. The van der Waals surface area contributed by atoms with Crippen LogP contribution in [0.3, 0.4) is 0 Å². The van der Waals surface area contributed by atoms with E-state index in [-0.39, 0.29) is 4.87 Å². The van der Waals surface area contributed by atoms with Crippen LogP contribution in [0.15, 0.2) is 0 Å². The molecule has 0 radical (unpaired) electrons. The molecule has 2 aliphatic rings. The minimum absolute atomic E-state index is 0.210. The fraction of sp³-hybridized carbons (Fsp3) is 0.909. The van der Waals surface area contributed by atoms with Gasteiger partial charge in [-0.3, -0.25) is 4.79 Å². The van der Waals surface area contributed by atoms with E-state index in [1.54, 1.807) is 0 Å². The van der Waals surface area contributed by atoms with Crippen molar-refractivity contribution in [3.8, 4) is 0 Å². The van der Waals surface area contributed by atoms with E-state index in [2.05, 4.69) is 18.7 Å². The van der Waals surface area contributed by atoms with Crippen LogP contribution in [0.2, 0.25) is 0 Å². The topological polar surface area (TPSA) is 20.3 Å². The van der Waals surface area contributed by atoms with Crippen molar-refractivity contribution in [2.75, 3.05) is 12.3 Å². The highest BCUT2D eigenvalue weighted by Gasteiger charge is 2.47. The lowest BCUT2D eigenvalue weighted by molar-refractivity contribution is -0.130. The molecule has 80 valence electrons. The Bertz CT molecular complexity index is 233. The molecule has 3 heteroatoms. The summed E-state index contributed by atoms with van der Waals surface area (Å²) < 4.78 is 0. The molecule has 0 aromatic carbocycles. The average Bonchev–Trinajstić information content (AvgIpc) is 2.69. The fourth-order valence-corrected chi connectivity index (χ4v) is 4.01. The van der Waals surface area contributed by atoms with Gasteiger partial charge in [0.1, 0.15) is 0 Å². The maximum Gasteiger partial charge on any atom is 0.233 e. The molecule has 1 aliphatic carbocycles. The predicted molar refractivity (Wildman–Crippen MR) is 60.2 cm³/mol. The molecule has 2 fully saturated rings. The smallest absolute Gasteiger partial charge is 0.233 e. The Morgan fingerprint density at radius 3 is 2.64 bits per heavy atom. The fourth-order valence-electron chi connectivity index (χ4n) is 2.55. The summed E-state index contributed by atoms with van der Waals surface area (Å²) in [5, 5.41) is 0. The Hall–Kier alpha value is -0.180. The Balaban J connectivity index is 2.12. The summed E-state index contributed by atoms with van der Waals surface area (Å²) in [7, 11) is 0. The number of nitrogens with zero attached hydrogens (tertiary/aromatic N) is 1. The van der Waals surface area contributed by atoms with Crippen molar-refractivity contribution in [2.24, 2.45) is 5.92 Å². The first-order valence-electron chi connectivity index (χ1n) is 5.58. The number of carbonyl (C=O) groups excluding carboxylic acids is 1. The van der Waals surface area contributed by atoms with Crippen molar-refractivity contribution in [3.63, 3.8) is 0 Å². The highest BCUT2D eigenvalue weighted by molar-refractivity contribution is 8.01. The van der Waals surface area contributed by atoms with Gasteiger partial charge in [0.05, 0.1) is 10.6 Å². The Morgan fingerprint density at radius 1 is 1.43 bits per heavy atom. The van der Waals surface area contributed by atoms with Gasteiger partial charge in [-0.2, -0.15) is 0 Å². The molecule has 0 bridgehead atoms. The van der Waals surface area contributed by atoms with Gasteiger partial charge in [-0.1, -0.05) is 26.7 Å². The molecule has 0 aromatic rings. The van der Waals surface area contributed by atoms with Crippen molar-refractivity contribution < 1.29 is 4.79 Å². The van der Waals surface area contributed by atoms with Crippen LogP contribution >= 0.6 is 11.8 Å². The predicted octanol–water partition coefficient (Wildman–Crippen LogP) is 2.49. The van der Waals surface area contributed by atoms with E-state index in [0.29, 0.717) is 17.6 Å². The second kappa shape index (κ2) is 3.76. The Morgan fingerprint density at radius 2 is 2.07 bits per heavy atom. The molecule has 0 N–H and O–H groups in total. The number of amides is 1. The number of thioether (sulfide) groups is 1. The van der Waals surface area contributed by atoms with Gasteiger partial charge in [0.25, 0.3) is 0 Å². The minimum atomic E-state index is 0.210. The molecule has 1 saturated heterocycles. The van der Waals surface area contributed by atoms with E-state index >= 15 is 0 Å². The van der Waals surface area contributed by atoms with Crippen LogP contribution in [0.25, 0.3) is 0 Å². The average molecular weight is 213 g/mol. The molecule has 1 spiro atoms. The Kier molecular flexibility index (Phi) is 2.78. The number of hydrogen-bond donors (Lipinski definition) is 0. The van der Waals surface area contributed by atoms with E-state index in [4.69, 9.17) is 0 Å². The molecule has 0 unspecified atom stereocenters. The monoisotopic (exact) mass is 213 g/mol. The van der Waals surface area contributed by atoms with Crippen molar-refractivity contribution in [3.05, 3.63) is 0 Å². The molecular formula is C11H19NOS. The maximum atomic E-state index is 11.8. The van der Waals surface area contributed by atoms with Gasteiger partial charge in [0.15, 0.2) is 0 Å². The second-order valence-electron chi connectivity index (χ2n) is 4.84. The van der Waals surface area contributed by atoms with E-state index in [9.17, 15) is 4.79 Å². The van der Waals surface area contributed by atoms with Gasteiger partial charge in [-0.05, 0) is 18.8 Å². The van der Waals surface area contributed by atoms with Crippen LogP contribution < -0.4 is 0 Å². The van der Waals surface area contributed by atoms with E-state index in [0.717, 1.165) is 6.54 Å². The lowest BCUT2D eigenvalue weighted by atomic mass is 10.1. The van der Waals surface area contributed by atoms with Crippen molar-refractivity contribution >= 4 is 17.7 Å². The summed E-state index contributed by atoms with van der Waals surface area (Å²) >= 11 is 1.89. The number of carbonyl (C=O) groups is 1. The number of rotatable bonds is 2. The summed E-state index contributed by atoms with van der Waals surface area (Å²) in [6, 6.07) is 0. The van der Waals surface area contributed by atoms with Gasteiger partial charge in [-0.15, -0.1) is 11.8 Å². The van der Waals surface area contributed by atoms with Crippen LogP contribution in [-0.4, -0.2) is 28.0 Å². The van der Waals surface area contributed by atoms with E-state index < -0.39 is 0 Å². The first-order valence-corrected chi connectivity index (χ1v) is 6.57. The molecule has 2 nitrogen and oxygen atoms in total. The minimum Gasteiger partial charge on any atom is -0.327 e. The maximum absolute atomic E-state index is 11.8. The van der Waals surface area contributed by atoms with E-state index in [1.807, 2.05) is 11.8 Å². The zero-order chi connectivity index (χ0) is 10.2. The normalized spacial score (nSPS) is 25.6. The van der Waals surface area contributed by atoms with E-state index in [1.165, 1.54) is 25.7 Å². The SMILES string of the molecule is CC(C)CN1C(=O)CSC12CCCC2. The van der Waals surface area contributed by atoms with Crippen LogP contribution in [0.5, 0.6) is 0 Å². The summed E-state index contributed by atoms with van der Waals surface area (Å²) in [6.45, 7) is 5.34. The molecule has 1 saturated carbocycles. The highest BCUT2D eigenvalue weighted by Crippen LogP contribution is 2.48. The third-order valence-corrected chi connectivity index (χ3v) is 4.75. The van der Waals surface area contributed by atoms with Gasteiger partial charge in [0, 0.05) is 6.54 Å². The lowest BCUT2D eigenvalue weighted by Crippen LogP contribution is -2.44. The zero-order valence-corrected chi connectivity index (χ0v) is 9.90. The van der Waals surface area contributed by atoms with Crippen molar-refractivity contribution in [1.82, 2.24) is 4.90 Å². The standard InChI is InChI=1S/C11H19NOS/c1-9(2)7-12-10(13)8-14-11(12)5-3-4-6-11/h9H,3-8H2,1-2H3. The summed E-state index contributed by atoms with van der Waals surface area (Å²) in [5.74, 6) is 1.67. The first-order chi connectivity index (χ1) is 6.64. The molecule has 0 atom stereocenters. The largest absolute Gasteiger partial charge is 0.327 e. The van der Waals surface area contributed by atoms with Crippen LogP contribution in [0, 0.1) is 5.92 Å². The highest BCUT2D eigenvalue weighted by atomic mass is 32.2. The lowest BCUT2D eigenvalue weighted by Gasteiger charge is -2.35. The van der Waals surface area contributed by atoms with Gasteiger partial charge in [0.2, 0.25) is 5.91 Å². The second-order valence-corrected chi connectivity index (χ2v) is 6.18. The molecule has 1 heterocycles. The number of hydrogen-bond acceptors (Lipinski definition) is 2. The van der Waals surface area contributed by atoms with Crippen molar-refractivity contribution in [2.45, 2.75) is 44.4 Å². The molecular weight excluding hydrogens is 194 g/mol. The Labute approximate surface area is 90.4 Å². The molecule has 14 heavy (non-hydrogen) atoms. The van der Waals surface area contributed by atoms with Gasteiger partial charge in [-0.25, -0.2) is 0 Å². The third kappa shape index (κ3) is 1.67. The summed E-state index contributed by atoms with van der Waals surface area (Å²) in [6.07, 6.45) is 5.04. The van der Waals surface area contributed by atoms with Gasteiger partial charge < -0.3 is 4.90 Å². The van der Waals surface area contributed by atoms with Gasteiger partial charge >= 0.3 is 0 Å². The first kappa shape index (κ1) is 10.3. The molecule has 2 rings (SSSR count). The van der Waals surface area contributed by atoms with Crippen LogP contribution in [0.4, 0.5) is 0 Å². The summed E-state index contributed by atoms with van der Waals surface area (Å²) in [4.78, 5) is 14.1. The third-order valence-electron chi connectivity index (χ3n) is 3.19. The quantitative estimate of drug-likeness (QED) is 0.702. The zero-order valence-electron chi connectivity index (χ0n) is 9.08. The molecule has 1 aliphatic heterocycles. The van der Waals surface area contributed by atoms with Crippen molar-refractivity contribution in [1.29, 1.82) is 0 Å². The van der Waals surface area contributed by atoms with Crippen LogP contribution in [-0.2, 0) is 4.79 Å². The molecule has 0 aromatic heterocycles. The van der Waals surface area contributed by atoms with Crippen LogP contribution in [0.1, 0.15) is 39.5 Å².